The van der Waals surface area contributed by atoms with E-state index in [1.807, 2.05) is 41.0 Å². The van der Waals surface area contributed by atoms with E-state index in [9.17, 15) is 9.90 Å². The first kappa shape index (κ1) is 17.9. The number of nitrogens with zero attached hydrogens (tertiary/aromatic N) is 1. The van der Waals surface area contributed by atoms with Crippen molar-refractivity contribution < 1.29 is 9.67 Å². The van der Waals surface area contributed by atoms with E-state index in [2.05, 4.69) is 13.5 Å². The molecule has 0 fully saturated rings. The molecule has 2 aromatic rings. The van der Waals surface area contributed by atoms with Crippen LogP contribution in [0.1, 0.15) is 50.5 Å². The third kappa shape index (κ3) is 3.28. The fraction of sp³-hybridized carbons (Fsp3) is 0.429. The van der Waals surface area contributed by atoms with Crippen molar-refractivity contribution in [3.8, 4) is 17.0 Å². The molecule has 1 unspecified atom stereocenters. The number of aromatic nitrogens is 1. The zero-order valence-corrected chi connectivity index (χ0v) is 15.6. The van der Waals surface area contributed by atoms with E-state index in [0.717, 1.165) is 49.1 Å². The second kappa shape index (κ2) is 7.52. The second-order valence-corrected chi connectivity index (χ2v) is 7.77. The lowest BCUT2D eigenvalue weighted by atomic mass is 9.75. The van der Waals surface area contributed by atoms with Crippen LogP contribution >= 0.6 is 11.3 Å². The molecule has 25 heavy (non-hydrogen) atoms. The Bertz CT molecular complexity index is 813. The lowest BCUT2D eigenvalue weighted by molar-refractivity contribution is -0.746. The van der Waals surface area contributed by atoms with E-state index >= 15 is 0 Å². The third-order valence-electron chi connectivity index (χ3n) is 5.39. The molecule has 1 aromatic heterocycles. The number of fused-ring (bicyclic) bond motifs is 1. The molecule has 0 radical (unpaired) electrons. The Hall–Kier alpha value is -1.94. The number of hydrogen-bond acceptors (Lipinski definition) is 3. The molecular formula is C21H25NO2S. The minimum absolute atomic E-state index is 0.0422. The maximum absolute atomic E-state index is 13.1. The molecule has 1 atom stereocenters. The lowest BCUT2D eigenvalue weighted by Gasteiger charge is -2.34. The van der Waals surface area contributed by atoms with Crippen molar-refractivity contribution >= 4 is 11.3 Å². The number of rotatable bonds is 6. The van der Waals surface area contributed by atoms with E-state index in [-0.39, 0.29) is 16.0 Å². The number of benzene rings is 1. The maximum atomic E-state index is 13.1. The summed E-state index contributed by atoms with van der Waals surface area (Å²) in [5.74, 6) is -0.119. The van der Waals surface area contributed by atoms with Crippen LogP contribution in [0.15, 0.2) is 47.8 Å². The molecule has 0 amide bonds. The molecule has 0 bridgehead atoms. The van der Waals surface area contributed by atoms with Gasteiger partial charge in [0.05, 0.1) is 11.0 Å². The summed E-state index contributed by atoms with van der Waals surface area (Å²) < 4.78 is 1.78. The maximum Gasteiger partial charge on any atom is 0.251 e. The SMILES string of the molecule is C=CCCCC1(CC)CCC[n+]2c1sc(=O)c(-c1ccccc1)c2[O-]. The van der Waals surface area contributed by atoms with Gasteiger partial charge in [0.15, 0.2) is 5.88 Å². The summed E-state index contributed by atoms with van der Waals surface area (Å²) in [4.78, 5) is 12.8. The highest BCUT2D eigenvalue weighted by atomic mass is 32.1. The van der Waals surface area contributed by atoms with E-state index < -0.39 is 0 Å². The van der Waals surface area contributed by atoms with Crippen molar-refractivity contribution in [3.63, 3.8) is 0 Å². The van der Waals surface area contributed by atoms with Crippen molar-refractivity contribution in [1.29, 1.82) is 0 Å². The zero-order valence-electron chi connectivity index (χ0n) is 14.8. The fourth-order valence-corrected chi connectivity index (χ4v) is 5.29. The Morgan fingerprint density at radius 1 is 1.36 bits per heavy atom. The number of allylic oxidation sites excluding steroid dienone is 1. The van der Waals surface area contributed by atoms with Crippen LogP contribution < -0.4 is 14.4 Å². The molecule has 4 heteroatoms. The normalized spacial score (nSPS) is 19.4. The van der Waals surface area contributed by atoms with Crippen LogP contribution in [0.5, 0.6) is 5.88 Å². The van der Waals surface area contributed by atoms with Crippen LogP contribution in [-0.4, -0.2) is 0 Å². The molecule has 3 nitrogen and oxygen atoms in total. The Morgan fingerprint density at radius 3 is 2.80 bits per heavy atom. The molecule has 0 saturated carbocycles. The van der Waals surface area contributed by atoms with Gasteiger partial charge in [-0.1, -0.05) is 43.3 Å². The number of hydrogen-bond donors (Lipinski definition) is 0. The average molecular weight is 356 g/mol. The Kier molecular flexibility index (Phi) is 5.38. The van der Waals surface area contributed by atoms with Gasteiger partial charge in [0.25, 0.3) is 4.74 Å². The third-order valence-corrected chi connectivity index (χ3v) is 6.63. The molecule has 132 valence electrons. The molecule has 3 rings (SSSR count). The minimum atomic E-state index is -0.119. The largest absolute Gasteiger partial charge is 0.823 e. The molecular weight excluding hydrogens is 330 g/mol. The van der Waals surface area contributed by atoms with E-state index in [1.54, 1.807) is 0 Å². The Morgan fingerprint density at radius 2 is 2.12 bits per heavy atom. The van der Waals surface area contributed by atoms with Gasteiger partial charge < -0.3 is 5.11 Å². The summed E-state index contributed by atoms with van der Waals surface area (Å²) in [5.41, 5.74) is 1.01. The molecule has 0 N–H and O–H groups in total. The van der Waals surface area contributed by atoms with Crippen LogP contribution in [0.2, 0.25) is 0 Å². The molecule has 0 saturated heterocycles. The topological polar surface area (TPSA) is 44.0 Å². The summed E-state index contributed by atoms with van der Waals surface area (Å²) in [6.45, 7) is 6.70. The summed E-state index contributed by atoms with van der Waals surface area (Å²) in [7, 11) is 0. The van der Waals surface area contributed by atoms with E-state index in [0.29, 0.717) is 12.1 Å². The minimum Gasteiger partial charge on any atom is -0.823 e. The van der Waals surface area contributed by atoms with Crippen LogP contribution in [0.3, 0.4) is 0 Å². The molecule has 1 aliphatic heterocycles. The first-order chi connectivity index (χ1) is 12.1. The fourth-order valence-electron chi connectivity index (χ4n) is 3.96. The van der Waals surface area contributed by atoms with Gasteiger partial charge in [-0.3, -0.25) is 4.79 Å². The zero-order chi connectivity index (χ0) is 17.9. The Balaban J connectivity index is 2.12. The first-order valence-corrected chi connectivity index (χ1v) is 9.89. The lowest BCUT2D eigenvalue weighted by Crippen LogP contribution is -2.52. The van der Waals surface area contributed by atoms with Gasteiger partial charge in [-0.05, 0) is 49.0 Å². The van der Waals surface area contributed by atoms with E-state index in [1.165, 1.54) is 11.3 Å². The first-order valence-electron chi connectivity index (χ1n) is 9.07. The van der Waals surface area contributed by atoms with Crippen LogP contribution in [0, 0.1) is 0 Å². The van der Waals surface area contributed by atoms with Crippen LogP contribution in [0.4, 0.5) is 0 Å². The van der Waals surface area contributed by atoms with Crippen molar-refractivity contribution in [1.82, 2.24) is 0 Å². The highest BCUT2D eigenvalue weighted by molar-refractivity contribution is 7.09. The Labute approximate surface area is 153 Å². The van der Waals surface area contributed by atoms with E-state index in [4.69, 9.17) is 0 Å². The summed E-state index contributed by atoms with van der Waals surface area (Å²) in [6, 6.07) is 9.33. The number of unbranched alkanes of at least 4 members (excludes halogenated alkanes) is 1. The summed E-state index contributed by atoms with van der Waals surface area (Å²) >= 11 is 1.29. The van der Waals surface area contributed by atoms with Crippen molar-refractivity contribution in [2.24, 2.45) is 0 Å². The van der Waals surface area contributed by atoms with Crippen LogP contribution in [-0.2, 0) is 12.0 Å². The standard InChI is InChI=1S/C21H25NO2S/c1-3-5-9-13-21(4-2)14-10-15-22-18(23)17(19(24)25-20(21)22)16-11-7-6-8-12-16/h3,6-8,11-12H,1,4-5,9-10,13-15H2,2H3. The molecule has 0 aliphatic carbocycles. The molecule has 2 heterocycles. The van der Waals surface area contributed by atoms with Gasteiger partial charge >= 0.3 is 0 Å². The van der Waals surface area contributed by atoms with Gasteiger partial charge in [0.1, 0.15) is 6.54 Å². The smallest absolute Gasteiger partial charge is 0.251 e. The van der Waals surface area contributed by atoms with Crippen molar-refractivity contribution in [2.75, 3.05) is 0 Å². The monoisotopic (exact) mass is 355 g/mol. The molecule has 0 spiro atoms. The predicted octanol–water partition coefficient (Wildman–Crippen LogP) is 3.93. The molecule has 1 aliphatic rings. The summed E-state index contributed by atoms with van der Waals surface area (Å²) in [5, 5.41) is 14.1. The van der Waals surface area contributed by atoms with Crippen molar-refractivity contribution in [2.45, 2.75) is 57.4 Å². The highest BCUT2D eigenvalue weighted by Gasteiger charge is 2.43. The van der Waals surface area contributed by atoms with Gasteiger partial charge in [0.2, 0.25) is 5.01 Å². The van der Waals surface area contributed by atoms with Crippen LogP contribution in [0.25, 0.3) is 11.1 Å². The second-order valence-electron chi connectivity index (χ2n) is 6.81. The van der Waals surface area contributed by atoms with Gasteiger partial charge in [-0.15, -0.1) is 6.58 Å². The summed E-state index contributed by atoms with van der Waals surface area (Å²) in [6.07, 6.45) is 7.99. The van der Waals surface area contributed by atoms with Gasteiger partial charge in [-0.2, -0.15) is 4.57 Å². The van der Waals surface area contributed by atoms with Crippen molar-refractivity contribution in [3.05, 3.63) is 57.5 Å². The quantitative estimate of drug-likeness (QED) is 0.448. The van der Waals surface area contributed by atoms with Gasteiger partial charge in [0, 0.05) is 6.42 Å². The average Bonchev–Trinajstić information content (AvgIpc) is 2.63. The predicted molar refractivity (Wildman–Crippen MR) is 101 cm³/mol. The van der Waals surface area contributed by atoms with Gasteiger partial charge in [-0.25, -0.2) is 0 Å². The molecule has 1 aromatic carbocycles. The highest BCUT2D eigenvalue weighted by Crippen LogP contribution is 2.41.